The summed E-state index contributed by atoms with van der Waals surface area (Å²) in [5.41, 5.74) is 4.32. The van der Waals surface area contributed by atoms with Gasteiger partial charge in [0.25, 0.3) is 0 Å². The maximum absolute atomic E-state index is 13.3. The molecule has 1 unspecified atom stereocenters. The summed E-state index contributed by atoms with van der Waals surface area (Å²) >= 11 is 0. The number of benzene rings is 3. The molecule has 2 fully saturated rings. The van der Waals surface area contributed by atoms with Gasteiger partial charge in [-0.1, -0.05) is 30.3 Å². The number of hydrogen-bond donors (Lipinski definition) is 3. The van der Waals surface area contributed by atoms with Crippen LogP contribution in [0.25, 0.3) is 10.9 Å². The molecule has 220 valence electrons. The molecule has 0 bridgehead atoms. The van der Waals surface area contributed by atoms with Crippen molar-refractivity contribution >= 4 is 38.0 Å². The monoisotopic (exact) mass is 587 g/mol. The van der Waals surface area contributed by atoms with Gasteiger partial charge >= 0.3 is 0 Å². The van der Waals surface area contributed by atoms with Crippen molar-refractivity contribution in [1.82, 2.24) is 14.6 Å². The first-order valence-corrected chi connectivity index (χ1v) is 15.9. The number of aromatic nitrogens is 1. The van der Waals surface area contributed by atoms with E-state index in [9.17, 15) is 13.5 Å². The third-order valence-electron chi connectivity index (χ3n) is 8.24. The summed E-state index contributed by atoms with van der Waals surface area (Å²) in [7, 11) is 0.468. The molecule has 2 saturated heterocycles. The van der Waals surface area contributed by atoms with Crippen LogP contribution in [0.1, 0.15) is 30.4 Å². The molecular weight excluding hydrogens is 550 g/mol. The molecule has 0 spiro atoms. The summed E-state index contributed by atoms with van der Waals surface area (Å²) in [6.07, 6.45) is 2.40. The molecule has 0 radical (unpaired) electrons. The Labute approximate surface area is 246 Å². The maximum atomic E-state index is 13.3. The van der Waals surface area contributed by atoms with Crippen LogP contribution in [-0.2, 0) is 14.8 Å². The van der Waals surface area contributed by atoms with Crippen molar-refractivity contribution in [3.05, 3.63) is 83.9 Å². The number of rotatable bonds is 8. The highest BCUT2D eigenvalue weighted by molar-refractivity contribution is 7.89. The number of nitrogens with one attached hydrogen (secondary N) is 2. The highest BCUT2D eigenvalue weighted by Gasteiger charge is 2.26. The van der Waals surface area contributed by atoms with Crippen molar-refractivity contribution in [2.75, 3.05) is 45.3 Å². The van der Waals surface area contributed by atoms with Crippen LogP contribution in [-0.4, -0.2) is 81.6 Å². The zero-order valence-corrected chi connectivity index (χ0v) is 24.8. The zero-order valence-electron chi connectivity index (χ0n) is 24.0. The minimum Gasteiger partial charge on any atom is -0.494 e. The van der Waals surface area contributed by atoms with Gasteiger partial charge in [0.2, 0.25) is 10.0 Å². The van der Waals surface area contributed by atoms with E-state index < -0.39 is 10.0 Å². The van der Waals surface area contributed by atoms with Crippen molar-refractivity contribution in [3.8, 4) is 5.88 Å². The Hall–Kier alpha value is -3.70. The number of anilines is 1. The number of likely N-dealkylation sites (N-methyl/N-ethyl adjacent to an activating group) is 1. The minimum absolute atomic E-state index is 0.0667. The van der Waals surface area contributed by atoms with Gasteiger partial charge in [0.05, 0.1) is 21.9 Å². The number of H-pyrrole nitrogens is 1. The van der Waals surface area contributed by atoms with Crippen LogP contribution in [0.2, 0.25) is 0 Å². The molecule has 42 heavy (non-hydrogen) atoms. The summed E-state index contributed by atoms with van der Waals surface area (Å²) in [5.74, 6) is -0.0667. The number of aromatic amines is 1. The van der Waals surface area contributed by atoms with E-state index in [1.165, 1.54) is 0 Å². The van der Waals surface area contributed by atoms with Crippen LogP contribution >= 0.6 is 0 Å². The van der Waals surface area contributed by atoms with Gasteiger partial charge in [0, 0.05) is 60.5 Å². The average Bonchev–Trinajstić information content (AvgIpc) is 3.61. The lowest BCUT2D eigenvalue weighted by molar-refractivity contribution is 0.0832. The van der Waals surface area contributed by atoms with Gasteiger partial charge in [-0.15, -0.1) is 0 Å². The molecule has 3 aromatic carbocycles. The molecule has 2 aliphatic rings. The Morgan fingerprint density at radius 3 is 2.45 bits per heavy atom. The predicted molar refractivity (Wildman–Crippen MR) is 167 cm³/mol. The lowest BCUT2D eigenvalue weighted by Crippen LogP contribution is -2.38. The van der Waals surface area contributed by atoms with E-state index in [1.807, 2.05) is 42.5 Å². The van der Waals surface area contributed by atoms with E-state index in [2.05, 4.69) is 45.7 Å². The average molecular weight is 588 g/mol. The number of aliphatic imine (C=N–C) groups is 1. The molecule has 1 aromatic heterocycles. The Balaban J connectivity index is 1.37. The SMILES string of the molecule is CN(C)C1CCN(c2ccc(N=C(c3ccccc3)c3c(O)[nH]c4ccc(S(=O)(=O)NC5CCOCC5)cc34)cc2)C1. The molecule has 0 aliphatic carbocycles. The second kappa shape index (κ2) is 11.9. The van der Waals surface area contributed by atoms with Crippen molar-refractivity contribution in [1.29, 1.82) is 0 Å². The van der Waals surface area contributed by atoms with Gasteiger partial charge in [-0.3, -0.25) is 0 Å². The topological polar surface area (TPSA) is 110 Å². The van der Waals surface area contributed by atoms with Gasteiger partial charge in [-0.05, 0) is 75.8 Å². The van der Waals surface area contributed by atoms with Gasteiger partial charge in [0.1, 0.15) is 0 Å². The fraction of sp³-hybridized carbons (Fsp3) is 0.344. The Kier molecular flexibility index (Phi) is 8.04. The first kappa shape index (κ1) is 28.4. The molecule has 0 amide bonds. The van der Waals surface area contributed by atoms with Crippen LogP contribution in [0, 0.1) is 0 Å². The number of fused-ring (bicyclic) bond motifs is 1. The highest BCUT2D eigenvalue weighted by Crippen LogP contribution is 2.34. The minimum atomic E-state index is -3.78. The van der Waals surface area contributed by atoms with Crippen molar-refractivity contribution < 1.29 is 18.3 Å². The Morgan fingerprint density at radius 1 is 1.02 bits per heavy atom. The standard InChI is InChI=1S/C32H37N5O4S/c1-36(2)26-14-17-37(21-26)25-10-8-23(9-11-25)33-31(22-6-4-3-5-7-22)30-28-20-27(12-13-29(28)34-32(30)38)42(39,40)35-24-15-18-41-19-16-24/h3-13,20,24,26,34-35,38H,14-19,21H2,1-2H3. The molecule has 2 aliphatic heterocycles. The van der Waals surface area contributed by atoms with E-state index in [0.29, 0.717) is 54.3 Å². The first-order chi connectivity index (χ1) is 20.3. The van der Waals surface area contributed by atoms with E-state index in [1.54, 1.807) is 18.2 Å². The van der Waals surface area contributed by atoms with Crippen LogP contribution in [0.3, 0.4) is 0 Å². The van der Waals surface area contributed by atoms with Crippen molar-refractivity contribution in [3.63, 3.8) is 0 Å². The predicted octanol–water partition coefficient (Wildman–Crippen LogP) is 4.64. The fourth-order valence-corrected chi connectivity index (χ4v) is 7.12. The Morgan fingerprint density at radius 2 is 1.76 bits per heavy atom. The number of aromatic hydroxyl groups is 1. The van der Waals surface area contributed by atoms with E-state index in [-0.39, 0.29) is 16.8 Å². The van der Waals surface area contributed by atoms with E-state index >= 15 is 0 Å². The second-order valence-corrected chi connectivity index (χ2v) is 13.0. The molecule has 9 nitrogen and oxygen atoms in total. The molecule has 10 heteroatoms. The van der Waals surface area contributed by atoms with Crippen LogP contribution < -0.4 is 9.62 Å². The Bertz CT molecular complexity index is 1680. The fourth-order valence-electron chi connectivity index (χ4n) is 5.79. The number of sulfonamides is 1. The molecule has 4 aromatic rings. The quantitative estimate of drug-likeness (QED) is 0.259. The van der Waals surface area contributed by atoms with Crippen molar-refractivity contribution in [2.45, 2.75) is 36.2 Å². The van der Waals surface area contributed by atoms with Crippen molar-refractivity contribution in [2.24, 2.45) is 4.99 Å². The molecular formula is C32H37N5O4S. The lowest BCUT2D eigenvalue weighted by Gasteiger charge is -2.23. The third kappa shape index (κ3) is 5.94. The normalized spacial score (nSPS) is 18.8. The summed E-state index contributed by atoms with van der Waals surface area (Å²) in [4.78, 5) is 12.8. The van der Waals surface area contributed by atoms with Gasteiger partial charge in [0.15, 0.2) is 5.88 Å². The number of ether oxygens (including phenoxy) is 1. The molecule has 6 rings (SSSR count). The second-order valence-electron chi connectivity index (χ2n) is 11.3. The zero-order chi connectivity index (χ0) is 29.3. The first-order valence-electron chi connectivity index (χ1n) is 14.4. The smallest absolute Gasteiger partial charge is 0.240 e. The van der Waals surface area contributed by atoms with Crippen LogP contribution in [0.5, 0.6) is 5.88 Å². The summed E-state index contributed by atoms with van der Waals surface area (Å²) in [5, 5.41) is 11.7. The molecule has 3 N–H and O–H groups in total. The highest BCUT2D eigenvalue weighted by atomic mass is 32.2. The summed E-state index contributed by atoms with van der Waals surface area (Å²) in [6.45, 7) is 3.07. The summed E-state index contributed by atoms with van der Waals surface area (Å²) in [6, 6.07) is 23.0. The summed E-state index contributed by atoms with van der Waals surface area (Å²) < 4.78 is 34.9. The largest absolute Gasteiger partial charge is 0.494 e. The molecule has 1 atom stereocenters. The van der Waals surface area contributed by atoms with Gasteiger partial charge in [-0.2, -0.15) is 0 Å². The molecule has 3 heterocycles. The third-order valence-corrected chi connectivity index (χ3v) is 9.76. The number of hydrogen-bond acceptors (Lipinski definition) is 7. The van der Waals surface area contributed by atoms with Gasteiger partial charge in [-0.25, -0.2) is 18.1 Å². The molecule has 0 saturated carbocycles. The van der Waals surface area contributed by atoms with Crippen LogP contribution in [0.15, 0.2) is 82.7 Å². The van der Waals surface area contributed by atoms with E-state index in [4.69, 9.17) is 9.73 Å². The van der Waals surface area contributed by atoms with E-state index in [0.717, 1.165) is 36.4 Å². The van der Waals surface area contributed by atoms with Gasteiger partial charge < -0.3 is 24.6 Å². The van der Waals surface area contributed by atoms with Crippen LogP contribution in [0.4, 0.5) is 11.4 Å². The lowest BCUT2D eigenvalue weighted by atomic mass is 10.0. The maximum Gasteiger partial charge on any atom is 0.240 e. The number of nitrogens with zero attached hydrogens (tertiary/aromatic N) is 3.